The molecular formula is C15H23NO3S. The van der Waals surface area contributed by atoms with Crippen LogP contribution in [0.4, 0.5) is 0 Å². The summed E-state index contributed by atoms with van der Waals surface area (Å²) in [6, 6.07) is 6.83. The molecule has 20 heavy (non-hydrogen) atoms. The monoisotopic (exact) mass is 297 g/mol. The van der Waals surface area contributed by atoms with Crippen LogP contribution >= 0.6 is 0 Å². The van der Waals surface area contributed by atoms with E-state index < -0.39 is 9.84 Å². The van der Waals surface area contributed by atoms with Gasteiger partial charge in [-0.3, -0.25) is 0 Å². The summed E-state index contributed by atoms with van der Waals surface area (Å²) in [7, 11) is -3.27. The Bertz CT molecular complexity index is 542. The highest BCUT2D eigenvalue weighted by Crippen LogP contribution is 2.28. The number of sulfone groups is 1. The van der Waals surface area contributed by atoms with E-state index in [9.17, 15) is 8.42 Å². The molecule has 0 amide bonds. The highest BCUT2D eigenvalue weighted by Gasteiger charge is 2.25. The van der Waals surface area contributed by atoms with Crippen LogP contribution in [0, 0.1) is 0 Å². The number of nitrogens with two attached hydrogens (primary N) is 1. The Balaban J connectivity index is 2.25. The lowest BCUT2D eigenvalue weighted by Crippen LogP contribution is -2.38. The van der Waals surface area contributed by atoms with Crippen molar-refractivity contribution in [2.45, 2.75) is 56.1 Å². The molecule has 2 rings (SSSR count). The van der Waals surface area contributed by atoms with Crippen molar-refractivity contribution in [1.82, 2.24) is 0 Å². The number of benzene rings is 1. The molecule has 1 aromatic carbocycles. The molecule has 0 aliphatic heterocycles. The first-order valence-corrected chi connectivity index (χ1v) is 8.94. The number of hydrogen-bond donors (Lipinski definition) is 1. The Morgan fingerprint density at radius 1 is 1.20 bits per heavy atom. The van der Waals surface area contributed by atoms with Gasteiger partial charge in [-0.05, 0) is 31.4 Å². The van der Waals surface area contributed by atoms with E-state index >= 15 is 0 Å². The fraction of sp³-hybridized carbons (Fsp3) is 0.600. The molecule has 1 aromatic rings. The van der Waals surface area contributed by atoms with E-state index in [2.05, 4.69) is 0 Å². The van der Waals surface area contributed by atoms with Crippen molar-refractivity contribution in [3.05, 3.63) is 24.3 Å². The molecule has 2 atom stereocenters. The molecule has 0 bridgehead atoms. The Morgan fingerprint density at radius 3 is 2.65 bits per heavy atom. The SMILES string of the molecule is CCS(=O)(=O)c1ccccc1OC1CCCCCC1N. The van der Waals surface area contributed by atoms with Crippen molar-refractivity contribution in [2.75, 3.05) is 5.75 Å². The number of rotatable bonds is 4. The first-order valence-electron chi connectivity index (χ1n) is 7.28. The van der Waals surface area contributed by atoms with E-state index in [1.807, 2.05) is 0 Å². The van der Waals surface area contributed by atoms with E-state index in [0.717, 1.165) is 25.7 Å². The zero-order valence-corrected chi connectivity index (χ0v) is 12.7. The van der Waals surface area contributed by atoms with Crippen LogP contribution in [0.25, 0.3) is 0 Å². The molecule has 5 heteroatoms. The average molecular weight is 297 g/mol. The van der Waals surface area contributed by atoms with Gasteiger partial charge in [0.05, 0.1) is 5.75 Å². The smallest absolute Gasteiger partial charge is 0.181 e. The molecule has 2 N–H and O–H groups in total. The Kier molecular flexibility index (Phi) is 5.05. The third kappa shape index (κ3) is 3.52. The summed E-state index contributed by atoms with van der Waals surface area (Å²) in [6.45, 7) is 1.64. The van der Waals surface area contributed by atoms with Gasteiger partial charge in [-0.15, -0.1) is 0 Å². The first-order chi connectivity index (χ1) is 9.54. The van der Waals surface area contributed by atoms with Gasteiger partial charge in [-0.1, -0.05) is 31.9 Å². The van der Waals surface area contributed by atoms with Crippen LogP contribution in [-0.4, -0.2) is 26.3 Å². The van der Waals surface area contributed by atoms with Gasteiger partial charge < -0.3 is 10.5 Å². The molecule has 112 valence electrons. The molecule has 0 heterocycles. The van der Waals surface area contributed by atoms with Gasteiger partial charge in [0.2, 0.25) is 0 Å². The number of ether oxygens (including phenoxy) is 1. The summed E-state index contributed by atoms with van der Waals surface area (Å²) in [5, 5.41) is 0. The van der Waals surface area contributed by atoms with Crippen LogP contribution < -0.4 is 10.5 Å². The molecule has 0 spiro atoms. The highest BCUT2D eigenvalue weighted by atomic mass is 32.2. The van der Waals surface area contributed by atoms with E-state index in [0.29, 0.717) is 5.75 Å². The molecule has 0 radical (unpaired) electrons. The maximum atomic E-state index is 12.1. The van der Waals surface area contributed by atoms with Crippen molar-refractivity contribution in [3.63, 3.8) is 0 Å². The van der Waals surface area contributed by atoms with Gasteiger partial charge >= 0.3 is 0 Å². The minimum absolute atomic E-state index is 0.0186. The van der Waals surface area contributed by atoms with E-state index in [1.54, 1.807) is 31.2 Å². The fourth-order valence-electron chi connectivity index (χ4n) is 2.57. The third-order valence-corrected chi connectivity index (χ3v) is 5.61. The van der Waals surface area contributed by atoms with Gasteiger partial charge in [-0.2, -0.15) is 0 Å². The Morgan fingerprint density at radius 2 is 1.90 bits per heavy atom. The van der Waals surface area contributed by atoms with Crippen LogP contribution in [-0.2, 0) is 9.84 Å². The van der Waals surface area contributed by atoms with Gasteiger partial charge in [0.25, 0.3) is 0 Å². The Hall–Kier alpha value is -1.07. The minimum Gasteiger partial charge on any atom is -0.487 e. The zero-order valence-electron chi connectivity index (χ0n) is 11.9. The third-order valence-electron chi connectivity index (χ3n) is 3.85. The molecule has 2 unspecified atom stereocenters. The maximum Gasteiger partial charge on any atom is 0.181 e. The van der Waals surface area contributed by atoms with Crippen LogP contribution in [0.3, 0.4) is 0 Å². The second kappa shape index (κ2) is 6.59. The zero-order chi connectivity index (χ0) is 14.6. The van der Waals surface area contributed by atoms with Crippen molar-refractivity contribution in [1.29, 1.82) is 0 Å². The summed E-state index contributed by atoms with van der Waals surface area (Å²) in [6.07, 6.45) is 5.11. The second-order valence-electron chi connectivity index (χ2n) is 5.31. The van der Waals surface area contributed by atoms with Gasteiger partial charge in [-0.25, -0.2) is 8.42 Å². The number of hydrogen-bond acceptors (Lipinski definition) is 4. The maximum absolute atomic E-state index is 12.1. The lowest BCUT2D eigenvalue weighted by Gasteiger charge is -2.24. The van der Waals surface area contributed by atoms with Crippen molar-refractivity contribution < 1.29 is 13.2 Å². The van der Waals surface area contributed by atoms with Crippen molar-refractivity contribution in [2.24, 2.45) is 5.73 Å². The molecule has 1 aliphatic carbocycles. The standard InChI is InChI=1S/C15H23NO3S/c1-2-20(17,18)15-11-7-6-10-14(15)19-13-9-5-3-4-8-12(13)16/h6-7,10-13H,2-5,8-9,16H2,1H3. The average Bonchev–Trinajstić information content (AvgIpc) is 2.65. The van der Waals surface area contributed by atoms with E-state index in [4.69, 9.17) is 10.5 Å². The van der Waals surface area contributed by atoms with Gasteiger partial charge in [0, 0.05) is 6.04 Å². The summed E-state index contributed by atoms with van der Waals surface area (Å²) >= 11 is 0. The van der Waals surface area contributed by atoms with Crippen molar-refractivity contribution >= 4 is 9.84 Å². The van der Waals surface area contributed by atoms with Crippen LogP contribution in [0.2, 0.25) is 0 Å². The normalized spacial score (nSPS) is 24.1. The molecule has 4 nitrogen and oxygen atoms in total. The lowest BCUT2D eigenvalue weighted by atomic mass is 10.1. The molecule has 0 aromatic heterocycles. The first kappa shape index (κ1) is 15.3. The number of para-hydroxylation sites is 1. The largest absolute Gasteiger partial charge is 0.487 e. The molecule has 0 saturated heterocycles. The van der Waals surface area contributed by atoms with Crippen LogP contribution in [0.1, 0.15) is 39.0 Å². The molecular weight excluding hydrogens is 274 g/mol. The van der Waals surface area contributed by atoms with Crippen LogP contribution in [0.15, 0.2) is 29.2 Å². The summed E-state index contributed by atoms with van der Waals surface area (Å²) in [5.74, 6) is 0.515. The molecule has 1 saturated carbocycles. The molecule has 1 aliphatic rings. The highest BCUT2D eigenvalue weighted by molar-refractivity contribution is 7.91. The van der Waals surface area contributed by atoms with Gasteiger partial charge in [0.15, 0.2) is 9.84 Å². The lowest BCUT2D eigenvalue weighted by molar-refractivity contribution is 0.158. The van der Waals surface area contributed by atoms with E-state index in [1.165, 1.54) is 6.42 Å². The van der Waals surface area contributed by atoms with Gasteiger partial charge in [0.1, 0.15) is 16.7 Å². The summed E-state index contributed by atoms with van der Waals surface area (Å²) in [4.78, 5) is 0.277. The second-order valence-corrected chi connectivity index (χ2v) is 7.55. The fourth-order valence-corrected chi connectivity index (χ4v) is 3.59. The predicted octanol–water partition coefficient (Wildman–Crippen LogP) is 2.52. The summed E-state index contributed by atoms with van der Waals surface area (Å²) < 4.78 is 30.2. The Labute approximate surface area is 121 Å². The summed E-state index contributed by atoms with van der Waals surface area (Å²) in [5.41, 5.74) is 6.14. The van der Waals surface area contributed by atoms with Crippen molar-refractivity contribution in [3.8, 4) is 5.75 Å². The van der Waals surface area contributed by atoms with Crippen LogP contribution in [0.5, 0.6) is 5.75 Å². The quantitative estimate of drug-likeness (QED) is 0.867. The minimum atomic E-state index is -3.27. The van der Waals surface area contributed by atoms with E-state index in [-0.39, 0.29) is 22.8 Å². The predicted molar refractivity (Wildman–Crippen MR) is 79.6 cm³/mol. The topological polar surface area (TPSA) is 69.4 Å². The molecule has 1 fully saturated rings.